The first-order chi connectivity index (χ1) is 14.9. The number of amides is 1. The molecule has 10 heteroatoms. The Balaban J connectivity index is 0.00000245. The van der Waals surface area contributed by atoms with E-state index in [4.69, 9.17) is 23.2 Å². The number of carbonyl (C=O) groups excluding carboxylic acids is 1. The number of rotatable bonds is 3. The minimum atomic E-state index is -1.17. The first kappa shape index (κ1) is 22.1. The van der Waals surface area contributed by atoms with E-state index in [-0.39, 0.29) is 30.6 Å². The molecule has 2 aromatic carbocycles. The highest BCUT2D eigenvalue weighted by atomic mass is 35.5. The summed E-state index contributed by atoms with van der Waals surface area (Å²) in [7, 11) is 0. The van der Waals surface area contributed by atoms with Crippen LogP contribution < -0.4 is 10.4 Å². The summed E-state index contributed by atoms with van der Waals surface area (Å²) < 4.78 is 0. The number of fused-ring (bicyclic) bond motifs is 2. The molecular weight excluding hydrogens is 475 g/mol. The number of carbonyl (C=O) groups is 2. The minimum absolute atomic E-state index is 0. The Morgan fingerprint density at radius 1 is 1.16 bits per heavy atom. The van der Waals surface area contributed by atoms with Crippen LogP contribution in [0.3, 0.4) is 0 Å². The molecule has 0 bridgehead atoms. The number of pyridine rings is 1. The molecule has 3 heterocycles. The van der Waals surface area contributed by atoms with Crippen molar-refractivity contribution in [1.82, 2.24) is 15.4 Å². The van der Waals surface area contributed by atoms with E-state index < -0.39 is 5.97 Å². The number of hydrogen-bond acceptors (Lipinski definition) is 4. The second kappa shape index (κ2) is 8.44. The summed E-state index contributed by atoms with van der Waals surface area (Å²) in [6, 6.07) is 14.4. The molecule has 0 spiro atoms. The molecule has 1 amide bonds. The van der Waals surface area contributed by atoms with Crippen LogP contribution in [0.2, 0.25) is 10.0 Å². The number of anilines is 1. The monoisotopic (exact) mass is 488 g/mol. The van der Waals surface area contributed by atoms with E-state index in [9.17, 15) is 14.7 Å². The Morgan fingerprint density at radius 3 is 2.72 bits per heavy atom. The van der Waals surface area contributed by atoms with E-state index in [1.54, 1.807) is 18.2 Å². The maximum absolute atomic E-state index is 13.1. The summed E-state index contributed by atoms with van der Waals surface area (Å²) in [4.78, 5) is 32.2. The van der Waals surface area contributed by atoms with E-state index in [0.29, 0.717) is 37.9 Å². The third kappa shape index (κ3) is 3.69. The average Bonchev–Trinajstić information content (AvgIpc) is 3.29. The number of H-pyrrole nitrogens is 1. The zero-order valence-corrected chi connectivity index (χ0v) is 18.6. The Morgan fingerprint density at radius 2 is 1.94 bits per heavy atom. The van der Waals surface area contributed by atoms with Gasteiger partial charge in [-0.2, -0.15) is 0 Å². The number of aromatic nitrogens is 2. The van der Waals surface area contributed by atoms with Gasteiger partial charge in [0.1, 0.15) is 5.69 Å². The summed E-state index contributed by atoms with van der Waals surface area (Å²) in [6.07, 6.45) is 1.54. The average molecular weight is 490 g/mol. The summed E-state index contributed by atoms with van der Waals surface area (Å²) in [5.74, 6) is -1.03. The molecule has 0 radical (unpaired) electrons. The third-order valence-electron chi connectivity index (χ3n) is 5.10. The Kier molecular flexibility index (Phi) is 5.83. The van der Waals surface area contributed by atoms with Gasteiger partial charge in [0.15, 0.2) is 5.82 Å². The van der Waals surface area contributed by atoms with Crippen LogP contribution in [0.15, 0.2) is 54.1 Å². The molecule has 32 heavy (non-hydrogen) atoms. The molecule has 0 aliphatic carbocycles. The molecule has 1 saturated heterocycles. The summed E-state index contributed by atoms with van der Waals surface area (Å²) >= 11 is 12.4. The first-order valence-electron chi connectivity index (χ1n) is 9.31. The lowest BCUT2D eigenvalue weighted by Gasteiger charge is -2.14. The quantitative estimate of drug-likeness (QED) is 0.349. The lowest BCUT2D eigenvalue weighted by Crippen LogP contribution is -2.34. The van der Waals surface area contributed by atoms with E-state index in [0.717, 1.165) is 10.9 Å². The fraction of sp³-hybridized carbons (Fsp3) is 0.0455. The zero-order chi connectivity index (χ0) is 21.7. The second-order valence-corrected chi connectivity index (χ2v) is 7.88. The number of hydrogen-bond donors (Lipinski definition) is 3. The van der Waals surface area contributed by atoms with E-state index in [1.807, 2.05) is 30.3 Å². The number of para-hydroxylation sites is 1. The van der Waals surface area contributed by atoms with Gasteiger partial charge in [0.05, 0.1) is 10.5 Å². The lowest BCUT2D eigenvalue weighted by molar-refractivity contribution is -0.114. The number of nitrogens with one attached hydrogen (secondary N) is 2. The number of aromatic carboxylic acids is 1. The molecule has 2 aromatic heterocycles. The molecule has 7 nitrogen and oxygen atoms in total. The number of aromatic amines is 1. The first-order valence-corrected chi connectivity index (χ1v) is 10.1. The molecule has 4 aromatic rings. The van der Waals surface area contributed by atoms with Gasteiger partial charge in [0.2, 0.25) is 0 Å². The van der Waals surface area contributed by atoms with Crippen LogP contribution in [-0.4, -0.2) is 33.5 Å². The molecule has 1 aliphatic rings. The van der Waals surface area contributed by atoms with Crippen molar-refractivity contribution in [3.05, 3.63) is 75.4 Å². The summed E-state index contributed by atoms with van der Waals surface area (Å²) in [5.41, 5.74) is 4.89. The van der Waals surface area contributed by atoms with E-state index >= 15 is 0 Å². The van der Waals surface area contributed by atoms with Gasteiger partial charge in [0.25, 0.3) is 5.91 Å². The van der Waals surface area contributed by atoms with Gasteiger partial charge in [-0.05, 0) is 36.4 Å². The van der Waals surface area contributed by atoms with Crippen LogP contribution in [0.25, 0.3) is 27.9 Å². The van der Waals surface area contributed by atoms with Crippen LogP contribution in [0.5, 0.6) is 0 Å². The molecular formula is C22H15Cl3N4O3. The van der Waals surface area contributed by atoms with Gasteiger partial charge < -0.3 is 10.1 Å². The smallest absolute Gasteiger partial charge is 0.352 e. The molecule has 0 unspecified atom stereocenters. The van der Waals surface area contributed by atoms with Gasteiger partial charge >= 0.3 is 5.97 Å². The molecule has 0 atom stereocenters. The van der Waals surface area contributed by atoms with Gasteiger partial charge in [-0.15, -0.1) is 12.4 Å². The van der Waals surface area contributed by atoms with Crippen LogP contribution in [0.1, 0.15) is 16.1 Å². The van der Waals surface area contributed by atoms with Gasteiger partial charge in [-0.25, -0.2) is 20.2 Å². The fourth-order valence-electron chi connectivity index (χ4n) is 3.69. The van der Waals surface area contributed by atoms with Crippen molar-refractivity contribution in [2.75, 3.05) is 11.6 Å². The molecule has 0 saturated carbocycles. The van der Waals surface area contributed by atoms with Crippen molar-refractivity contribution in [2.24, 2.45) is 0 Å². The number of carboxylic acid groups (broad SMARTS) is 1. The number of halogens is 3. The van der Waals surface area contributed by atoms with Crippen LogP contribution in [0.4, 0.5) is 5.82 Å². The fourth-order valence-corrected chi connectivity index (χ4v) is 4.29. The minimum Gasteiger partial charge on any atom is -0.477 e. The van der Waals surface area contributed by atoms with Crippen molar-refractivity contribution in [3.63, 3.8) is 0 Å². The van der Waals surface area contributed by atoms with Crippen LogP contribution in [-0.2, 0) is 4.79 Å². The van der Waals surface area contributed by atoms with Gasteiger partial charge in [-0.1, -0.05) is 41.4 Å². The second-order valence-electron chi connectivity index (χ2n) is 7.04. The Hall–Kier alpha value is -3.10. The van der Waals surface area contributed by atoms with E-state index in [1.165, 1.54) is 11.1 Å². The largest absolute Gasteiger partial charge is 0.477 e. The zero-order valence-electron chi connectivity index (χ0n) is 16.2. The Labute approximate surface area is 198 Å². The topological polar surface area (TPSA) is 98.3 Å². The van der Waals surface area contributed by atoms with Crippen molar-refractivity contribution in [1.29, 1.82) is 0 Å². The lowest BCUT2D eigenvalue weighted by atomic mass is 10.1. The predicted molar refractivity (Wildman–Crippen MR) is 128 cm³/mol. The number of hydrazine groups is 1. The van der Waals surface area contributed by atoms with Gasteiger partial charge in [-0.3, -0.25) is 4.79 Å². The van der Waals surface area contributed by atoms with Gasteiger partial charge in [0, 0.05) is 39.0 Å². The predicted octanol–water partition coefficient (Wildman–Crippen LogP) is 5.08. The summed E-state index contributed by atoms with van der Waals surface area (Å²) in [6.45, 7) is 0.213. The number of nitrogens with zero attached hydrogens (tertiary/aromatic N) is 2. The molecule has 3 N–H and O–H groups in total. The highest BCUT2D eigenvalue weighted by molar-refractivity contribution is 6.39. The van der Waals surface area contributed by atoms with Crippen molar-refractivity contribution >= 4 is 81.2 Å². The van der Waals surface area contributed by atoms with Crippen LogP contribution in [0, 0.1) is 0 Å². The maximum atomic E-state index is 13.1. The highest BCUT2D eigenvalue weighted by Crippen LogP contribution is 2.34. The number of benzene rings is 2. The molecule has 1 aliphatic heterocycles. The standard InChI is InChI=1S/C22H14Cl2N4O3.ClH/c23-13-8-15(24)19-14(20(22(30)31)27-17(19)9-13)7-12-10-25-28(21(12)29)18-6-5-11-3-1-2-4-16(11)26-18;/h1-9,25,27H,10H2,(H,30,31);1H. The molecule has 162 valence electrons. The van der Waals surface area contributed by atoms with Crippen molar-refractivity contribution in [3.8, 4) is 0 Å². The highest BCUT2D eigenvalue weighted by Gasteiger charge is 2.29. The molecule has 1 fully saturated rings. The maximum Gasteiger partial charge on any atom is 0.352 e. The normalized spacial score (nSPS) is 15.0. The Bertz CT molecular complexity index is 1430. The number of carboxylic acids is 1. The van der Waals surface area contributed by atoms with Crippen molar-refractivity contribution < 1.29 is 14.7 Å². The summed E-state index contributed by atoms with van der Waals surface area (Å²) in [5, 5.41) is 13.1. The molecule has 5 rings (SSSR count). The van der Waals surface area contributed by atoms with Crippen LogP contribution >= 0.6 is 35.6 Å². The van der Waals surface area contributed by atoms with E-state index in [2.05, 4.69) is 15.4 Å². The third-order valence-corrected chi connectivity index (χ3v) is 5.62. The van der Waals surface area contributed by atoms with Crippen molar-refractivity contribution in [2.45, 2.75) is 0 Å². The SMILES string of the molecule is Cl.O=C(O)c1[nH]c2cc(Cl)cc(Cl)c2c1C=C1CNN(c2ccc3ccccc3n2)C1=O.